The molecule has 1 N–H and O–H groups in total. The predicted octanol–water partition coefficient (Wildman–Crippen LogP) is 3.38. The van der Waals surface area contributed by atoms with E-state index in [1.165, 1.54) is 7.11 Å². The summed E-state index contributed by atoms with van der Waals surface area (Å²) < 4.78 is 10.2. The van der Waals surface area contributed by atoms with Gasteiger partial charge in [0, 0.05) is 16.3 Å². The van der Waals surface area contributed by atoms with Crippen molar-refractivity contribution < 1.29 is 19.1 Å². The average molecular weight is 348 g/mol. The molecule has 0 aromatic heterocycles. The van der Waals surface area contributed by atoms with E-state index in [2.05, 4.69) is 5.32 Å². The van der Waals surface area contributed by atoms with Crippen LogP contribution >= 0.6 is 11.6 Å². The fourth-order valence-corrected chi connectivity index (χ4v) is 2.35. The van der Waals surface area contributed by atoms with Gasteiger partial charge in [-0.05, 0) is 42.8 Å². The largest absolute Gasteiger partial charge is 0.496 e. The number of carbonyl (C=O) groups excluding carboxylic acids is 2. The van der Waals surface area contributed by atoms with E-state index in [1.807, 2.05) is 25.1 Å². The van der Waals surface area contributed by atoms with Crippen LogP contribution < -0.4 is 10.1 Å². The zero-order valence-electron chi connectivity index (χ0n) is 13.5. The number of carbonyl (C=O) groups is 2. The summed E-state index contributed by atoms with van der Waals surface area (Å²) in [5.74, 6) is -0.387. The van der Waals surface area contributed by atoms with Gasteiger partial charge < -0.3 is 14.8 Å². The highest BCUT2D eigenvalue weighted by molar-refractivity contribution is 6.30. The zero-order valence-corrected chi connectivity index (χ0v) is 14.2. The van der Waals surface area contributed by atoms with Gasteiger partial charge in [-0.1, -0.05) is 23.7 Å². The molecule has 126 valence electrons. The van der Waals surface area contributed by atoms with Crippen molar-refractivity contribution in [2.24, 2.45) is 0 Å². The maximum absolute atomic E-state index is 11.9. The fourth-order valence-electron chi connectivity index (χ4n) is 2.16. The predicted molar refractivity (Wildman–Crippen MR) is 92.5 cm³/mol. The van der Waals surface area contributed by atoms with Crippen molar-refractivity contribution >= 4 is 29.2 Å². The second-order valence-corrected chi connectivity index (χ2v) is 5.65. The molecule has 0 bridgehead atoms. The van der Waals surface area contributed by atoms with Crippen molar-refractivity contribution in [2.75, 3.05) is 19.0 Å². The first-order valence-corrected chi connectivity index (χ1v) is 7.70. The first-order valence-electron chi connectivity index (χ1n) is 7.32. The number of methoxy groups -OCH3 is 1. The highest BCUT2D eigenvalue weighted by Crippen LogP contribution is 2.23. The van der Waals surface area contributed by atoms with Gasteiger partial charge in [-0.3, -0.25) is 9.59 Å². The van der Waals surface area contributed by atoms with Crippen LogP contribution in [0.25, 0.3) is 0 Å². The Kier molecular flexibility index (Phi) is 6.21. The van der Waals surface area contributed by atoms with Gasteiger partial charge in [-0.15, -0.1) is 0 Å². The van der Waals surface area contributed by atoms with Gasteiger partial charge in [0.05, 0.1) is 13.5 Å². The van der Waals surface area contributed by atoms with E-state index in [0.29, 0.717) is 22.0 Å². The molecule has 2 aromatic rings. The Hall–Kier alpha value is -2.53. The number of halogens is 1. The molecule has 5 nitrogen and oxygen atoms in total. The molecule has 0 saturated carbocycles. The molecule has 0 aliphatic heterocycles. The lowest BCUT2D eigenvalue weighted by molar-refractivity contribution is -0.146. The number of benzene rings is 2. The van der Waals surface area contributed by atoms with Crippen molar-refractivity contribution in [3.8, 4) is 5.75 Å². The third kappa shape index (κ3) is 5.28. The number of hydrogen-bond donors (Lipinski definition) is 1. The van der Waals surface area contributed by atoms with E-state index in [-0.39, 0.29) is 13.0 Å². The molecule has 0 atom stereocenters. The smallest absolute Gasteiger partial charge is 0.310 e. The molecule has 0 spiro atoms. The zero-order chi connectivity index (χ0) is 17.5. The van der Waals surface area contributed by atoms with Gasteiger partial charge in [0.2, 0.25) is 0 Å². The third-order valence-electron chi connectivity index (χ3n) is 3.24. The molecule has 2 aromatic carbocycles. The lowest BCUT2D eigenvalue weighted by Gasteiger charge is -2.10. The van der Waals surface area contributed by atoms with E-state index < -0.39 is 11.9 Å². The Labute approximate surface area is 145 Å². The number of hydrogen-bond acceptors (Lipinski definition) is 4. The number of rotatable bonds is 6. The van der Waals surface area contributed by atoms with Gasteiger partial charge in [0.15, 0.2) is 6.61 Å². The lowest BCUT2D eigenvalue weighted by Crippen LogP contribution is -2.21. The molecule has 0 unspecified atom stereocenters. The molecule has 2 rings (SSSR count). The monoisotopic (exact) mass is 347 g/mol. The molecule has 6 heteroatoms. The second-order valence-electron chi connectivity index (χ2n) is 5.21. The highest BCUT2D eigenvalue weighted by atomic mass is 35.5. The van der Waals surface area contributed by atoms with Crippen molar-refractivity contribution in [3.63, 3.8) is 0 Å². The number of amides is 1. The Balaban J connectivity index is 1.87. The summed E-state index contributed by atoms with van der Waals surface area (Å²) in [6, 6.07) is 12.3. The maximum Gasteiger partial charge on any atom is 0.310 e. The average Bonchev–Trinajstić information content (AvgIpc) is 2.53. The van der Waals surface area contributed by atoms with E-state index in [0.717, 1.165) is 5.56 Å². The number of aryl methyl sites for hydroxylation is 1. The Morgan fingerprint density at radius 3 is 2.67 bits per heavy atom. The molecule has 0 fully saturated rings. The summed E-state index contributed by atoms with van der Waals surface area (Å²) in [6.45, 7) is 1.57. The normalized spacial score (nSPS) is 10.1. The molecule has 0 aliphatic carbocycles. The molecular weight excluding hydrogens is 330 g/mol. The highest BCUT2D eigenvalue weighted by Gasteiger charge is 2.12. The molecule has 0 saturated heterocycles. The van der Waals surface area contributed by atoms with Crippen LogP contribution in [0.5, 0.6) is 5.75 Å². The summed E-state index contributed by atoms with van der Waals surface area (Å²) in [5.41, 5.74) is 2.29. The van der Waals surface area contributed by atoms with Crippen molar-refractivity contribution in [1.82, 2.24) is 0 Å². The molecule has 0 aliphatic rings. The Bertz CT molecular complexity index is 746. The number of ether oxygens (including phenoxy) is 2. The van der Waals surface area contributed by atoms with Crippen molar-refractivity contribution in [3.05, 3.63) is 58.6 Å². The molecule has 0 radical (unpaired) electrons. The number of anilines is 1. The van der Waals surface area contributed by atoms with Gasteiger partial charge in [-0.25, -0.2) is 0 Å². The summed E-state index contributed by atoms with van der Waals surface area (Å²) in [5, 5.41) is 3.17. The summed E-state index contributed by atoms with van der Waals surface area (Å²) in [4.78, 5) is 23.7. The van der Waals surface area contributed by atoms with Crippen molar-refractivity contribution in [2.45, 2.75) is 13.3 Å². The van der Waals surface area contributed by atoms with Crippen LogP contribution in [-0.2, 0) is 20.7 Å². The third-order valence-corrected chi connectivity index (χ3v) is 3.48. The van der Waals surface area contributed by atoms with Gasteiger partial charge in [-0.2, -0.15) is 0 Å². The van der Waals surface area contributed by atoms with Crippen LogP contribution in [0, 0.1) is 6.92 Å². The SMILES string of the molecule is COc1ccc(Cl)cc1CC(=O)OCC(=O)Nc1cccc(C)c1. The first-order chi connectivity index (χ1) is 11.5. The lowest BCUT2D eigenvalue weighted by atomic mass is 10.1. The second kappa shape index (κ2) is 8.36. The summed E-state index contributed by atoms with van der Waals surface area (Å²) in [7, 11) is 1.51. The minimum absolute atomic E-state index is 0.0263. The summed E-state index contributed by atoms with van der Waals surface area (Å²) >= 11 is 5.92. The minimum atomic E-state index is -0.532. The maximum atomic E-state index is 11.9. The van der Waals surface area contributed by atoms with Gasteiger partial charge in [0.25, 0.3) is 5.91 Å². The standard InChI is InChI=1S/C18H18ClNO4/c1-12-4-3-5-15(8-12)20-17(21)11-24-18(22)10-13-9-14(19)6-7-16(13)23-2/h3-9H,10-11H2,1-2H3,(H,20,21). The molecular formula is C18H18ClNO4. The Morgan fingerprint density at radius 1 is 1.17 bits per heavy atom. The summed E-state index contributed by atoms with van der Waals surface area (Å²) in [6.07, 6.45) is -0.0263. The van der Waals surface area contributed by atoms with E-state index >= 15 is 0 Å². The van der Waals surface area contributed by atoms with Crippen molar-refractivity contribution in [1.29, 1.82) is 0 Å². The van der Waals surface area contributed by atoms with E-state index in [9.17, 15) is 9.59 Å². The van der Waals surface area contributed by atoms with Crippen LogP contribution in [0.2, 0.25) is 5.02 Å². The topological polar surface area (TPSA) is 64.6 Å². The van der Waals surface area contributed by atoms with Gasteiger partial charge in [0.1, 0.15) is 5.75 Å². The van der Waals surface area contributed by atoms with Crippen LogP contribution in [0.4, 0.5) is 5.69 Å². The van der Waals surface area contributed by atoms with Crippen LogP contribution in [0.3, 0.4) is 0 Å². The first kappa shape index (κ1) is 17.8. The quantitative estimate of drug-likeness (QED) is 0.813. The number of esters is 1. The van der Waals surface area contributed by atoms with E-state index in [1.54, 1.807) is 24.3 Å². The molecule has 0 heterocycles. The molecule has 24 heavy (non-hydrogen) atoms. The number of nitrogens with one attached hydrogen (secondary N) is 1. The minimum Gasteiger partial charge on any atom is -0.496 e. The fraction of sp³-hybridized carbons (Fsp3) is 0.222. The van der Waals surface area contributed by atoms with Crippen LogP contribution in [0.15, 0.2) is 42.5 Å². The van der Waals surface area contributed by atoms with E-state index in [4.69, 9.17) is 21.1 Å². The van der Waals surface area contributed by atoms with Gasteiger partial charge >= 0.3 is 5.97 Å². The van der Waals surface area contributed by atoms with Crippen LogP contribution in [0.1, 0.15) is 11.1 Å². The molecule has 1 amide bonds. The Morgan fingerprint density at radius 2 is 1.96 bits per heavy atom. The van der Waals surface area contributed by atoms with Crippen LogP contribution in [-0.4, -0.2) is 25.6 Å².